The lowest BCUT2D eigenvalue weighted by Crippen LogP contribution is -2.36. The number of nitrogens with one attached hydrogen (secondary N) is 1. The molecule has 1 unspecified atom stereocenters. The van der Waals surface area contributed by atoms with E-state index in [1.807, 2.05) is 0 Å². The van der Waals surface area contributed by atoms with Crippen molar-refractivity contribution in [2.45, 2.75) is 25.4 Å². The van der Waals surface area contributed by atoms with Crippen LogP contribution in [0.1, 0.15) is 18.4 Å². The highest BCUT2D eigenvalue weighted by Gasteiger charge is 2.23. The van der Waals surface area contributed by atoms with Crippen LogP contribution >= 0.6 is 0 Å². The van der Waals surface area contributed by atoms with E-state index in [-0.39, 0.29) is 0 Å². The van der Waals surface area contributed by atoms with E-state index in [4.69, 9.17) is 4.74 Å². The zero-order valence-corrected chi connectivity index (χ0v) is 12.6. The number of anilines is 1. The molecule has 1 atom stereocenters. The van der Waals surface area contributed by atoms with Crippen molar-refractivity contribution in [2.24, 2.45) is 0 Å². The van der Waals surface area contributed by atoms with Crippen molar-refractivity contribution < 1.29 is 4.74 Å². The number of para-hydroxylation sites is 1. The van der Waals surface area contributed by atoms with Gasteiger partial charge in [-0.2, -0.15) is 0 Å². The van der Waals surface area contributed by atoms with Crippen LogP contribution in [-0.2, 0) is 6.54 Å². The van der Waals surface area contributed by atoms with Gasteiger partial charge in [-0.05, 0) is 39.5 Å². The largest absolute Gasteiger partial charge is 0.489 e. The quantitative estimate of drug-likeness (QED) is 0.910. The van der Waals surface area contributed by atoms with Crippen LogP contribution in [0.25, 0.3) is 0 Å². The van der Waals surface area contributed by atoms with Crippen LogP contribution in [0, 0.1) is 0 Å². The molecule has 1 aromatic carbocycles. The molecule has 2 aliphatic heterocycles. The maximum absolute atomic E-state index is 5.85. The Morgan fingerprint density at radius 1 is 1.45 bits per heavy atom. The van der Waals surface area contributed by atoms with Gasteiger partial charge in [0.15, 0.2) is 0 Å². The number of benzene rings is 1. The fourth-order valence-electron chi connectivity index (χ4n) is 3.28. The van der Waals surface area contributed by atoms with Gasteiger partial charge in [0.1, 0.15) is 12.4 Å². The first-order valence-corrected chi connectivity index (χ1v) is 7.61. The number of nitrogens with zero attached hydrogens (tertiary/aromatic N) is 2. The predicted molar refractivity (Wildman–Crippen MR) is 82.4 cm³/mol. The average molecular weight is 275 g/mol. The molecule has 3 rings (SSSR count). The van der Waals surface area contributed by atoms with Gasteiger partial charge in [-0.3, -0.25) is 0 Å². The SMILES string of the molecule is CN(Cc1cccc2c1OCCN2)CC1CCCN1C. The monoisotopic (exact) mass is 275 g/mol. The van der Waals surface area contributed by atoms with Gasteiger partial charge in [-0.1, -0.05) is 12.1 Å². The third-order valence-corrected chi connectivity index (χ3v) is 4.39. The molecule has 20 heavy (non-hydrogen) atoms. The summed E-state index contributed by atoms with van der Waals surface area (Å²) in [6.45, 7) is 4.99. The summed E-state index contributed by atoms with van der Waals surface area (Å²) in [5, 5.41) is 3.40. The Kier molecular flexibility index (Phi) is 4.13. The highest BCUT2D eigenvalue weighted by Crippen LogP contribution is 2.32. The second-order valence-corrected chi connectivity index (χ2v) is 6.04. The van der Waals surface area contributed by atoms with E-state index in [0.717, 1.165) is 37.7 Å². The summed E-state index contributed by atoms with van der Waals surface area (Å²) in [4.78, 5) is 4.90. The standard InChI is InChI=1S/C16H25N3O/c1-18(12-14-6-4-9-19(14)2)11-13-5-3-7-15-16(13)20-10-8-17-15/h3,5,7,14,17H,4,6,8-12H2,1-2H3. The van der Waals surface area contributed by atoms with Crippen LogP contribution in [0.3, 0.4) is 0 Å². The first kappa shape index (κ1) is 13.7. The Bertz CT molecular complexity index is 463. The summed E-state index contributed by atoms with van der Waals surface area (Å²) in [7, 11) is 4.45. The van der Waals surface area contributed by atoms with Crippen LogP contribution in [-0.4, -0.2) is 56.2 Å². The molecule has 0 bridgehead atoms. The first-order valence-electron chi connectivity index (χ1n) is 7.61. The summed E-state index contributed by atoms with van der Waals surface area (Å²) < 4.78 is 5.85. The molecule has 1 saturated heterocycles. The molecule has 0 aliphatic carbocycles. The van der Waals surface area contributed by atoms with Gasteiger partial charge >= 0.3 is 0 Å². The lowest BCUT2D eigenvalue weighted by Gasteiger charge is -2.27. The van der Waals surface area contributed by atoms with Gasteiger partial charge in [0.2, 0.25) is 0 Å². The normalized spacial score (nSPS) is 22.4. The summed E-state index contributed by atoms with van der Waals surface area (Å²) in [6.07, 6.45) is 2.66. The van der Waals surface area contributed by atoms with Crippen molar-refractivity contribution >= 4 is 5.69 Å². The van der Waals surface area contributed by atoms with Crippen LogP contribution in [0.15, 0.2) is 18.2 Å². The number of rotatable bonds is 4. The topological polar surface area (TPSA) is 27.7 Å². The fraction of sp³-hybridized carbons (Fsp3) is 0.625. The summed E-state index contributed by atoms with van der Waals surface area (Å²) in [6, 6.07) is 7.10. The molecule has 0 amide bonds. The number of ether oxygens (including phenoxy) is 1. The van der Waals surface area contributed by atoms with E-state index in [9.17, 15) is 0 Å². The van der Waals surface area contributed by atoms with Crippen molar-refractivity contribution in [3.63, 3.8) is 0 Å². The van der Waals surface area contributed by atoms with Crippen LogP contribution < -0.4 is 10.1 Å². The maximum Gasteiger partial charge on any atom is 0.146 e. The van der Waals surface area contributed by atoms with E-state index < -0.39 is 0 Å². The lowest BCUT2D eigenvalue weighted by molar-refractivity contribution is 0.213. The van der Waals surface area contributed by atoms with Gasteiger partial charge in [0.05, 0.1) is 5.69 Å². The summed E-state index contributed by atoms with van der Waals surface area (Å²) in [5.74, 6) is 1.05. The van der Waals surface area contributed by atoms with E-state index in [1.54, 1.807) is 0 Å². The summed E-state index contributed by atoms with van der Waals surface area (Å²) >= 11 is 0. The smallest absolute Gasteiger partial charge is 0.146 e. The zero-order valence-electron chi connectivity index (χ0n) is 12.6. The lowest BCUT2D eigenvalue weighted by atomic mass is 10.1. The molecule has 0 aromatic heterocycles. The molecular formula is C16H25N3O. The highest BCUT2D eigenvalue weighted by molar-refractivity contribution is 5.61. The Hall–Kier alpha value is -1.26. The molecule has 0 saturated carbocycles. The maximum atomic E-state index is 5.85. The number of hydrogen-bond acceptors (Lipinski definition) is 4. The minimum atomic E-state index is 0.707. The molecule has 4 heteroatoms. The predicted octanol–water partition coefficient (Wildman–Crippen LogP) is 2.02. The van der Waals surface area contributed by atoms with Crippen LogP contribution in [0.5, 0.6) is 5.75 Å². The van der Waals surface area contributed by atoms with Gasteiger partial charge in [0.25, 0.3) is 0 Å². The first-order chi connectivity index (χ1) is 9.74. The van der Waals surface area contributed by atoms with Gasteiger partial charge < -0.3 is 19.9 Å². The number of hydrogen-bond donors (Lipinski definition) is 1. The zero-order chi connectivity index (χ0) is 13.9. The highest BCUT2D eigenvalue weighted by atomic mass is 16.5. The minimum Gasteiger partial charge on any atom is -0.489 e. The van der Waals surface area contributed by atoms with E-state index >= 15 is 0 Å². The van der Waals surface area contributed by atoms with Crippen LogP contribution in [0.4, 0.5) is 5.69 Å². The Balaban J connectivity index is 1.65. The third kappa shape index (κ3) is 2.91. The molecular weight excluding hydrogens is 250 g/mol. The average Bonchev–Trinajstić information content (AvgIpc) is 2.85. The van der Waals surface area contributed by atoms with Crippen molar-refractivity contribution in [2.75, 3.05) is 45.7 Å². The molecule has 2 aliphatic rings. The molecule has 1 N–H and O–H groups in total. The Morgan fingerprint density at radius 2 is 2.35 bits per heavy atom. The van der Waals surface area contributed by atoms with Crippen LogP contribution in [0.2, 0.25) is 0 Å². The molecule has 2 heterocycles. The molecule has 0 radical (unpaired) electrons. The molecule has 110 valence electrons. The number of fused-ring (bicyclic) bond motifs is 1. The van der Waals surface area contributed by atoms with E-state index in [1.165, 1.54) is 24.9 Å². The molecule has 0 spiro atoms. The second-order valence-electron chi connectivity index (χ2n) is 6.04. The van der Waals surface area contributed by atoms with E-state index in [2.05, 4.69) is 47.4 Å². The van der Waals surface area contributed by atoms with Gasteiger partial charge in [-0.25, -0.2) is 0 Å². The third-order valence-electron chi connectivity index (χ3n) is 4.39. The fourth-order valence-corrected chi connectivity index (χ4v) is 3.28. The minimum absolute atomic E-state index is 0.707. The van der Waals surface area contributed by atoms with Crippen molar-refractivity contribution in [3.8, 4) is 5.75 Å². The molecule has 1 fully saturated rings. The van der Waals surface area contributed by atoms with Gasteiger partial charge in [-0.15, -0.1) is 0 Å². The summed E-state index contributed by atoms with van der Waals surface area (Å²) in [5.41, 5.74) is 2.43. The van der Waals surface area contributed by atoms with Crippen molar-refractivity contribution in [1.82, 2.24) is 9.80 Å². The van der Waals surface area contributed by atoms with Crippen molar-refractivity contribution in [3.05, 3.63) is 23.8 Å². The number of likely N-dealkylation sites (N-methyl/N-ethyl adjacent to an activating group) is 2. The Labute approximate surface area is 121 Å². The van der Waals surface area contributed by atoms with E-state index in [0.29, 0.717) is 6.04 Å². The molecule has 1 aromatic rings. The van der Waals surface area contributed by atoms with Crippen molar-refractivity contribution in [1.29, 1.82) is 0 Å². The number of likely N-dealkylation sites (tertiary alicyclic amines) is 1. The Morgan fingerprint density at radius 3 is 3.15 bits per heavy atom. The van der Waals surface area contributed by atoms with Gasteiger partial charge in [0, 0.05) is 31.2 Å². The molecule has 4 nitrogen and oxygen atoms in total. The second kappa shape index (κ2) is 6.02.